The maximum Gasteiger partial charge on any atom is 0.272 e. The maximum atomic E-state index is 13.0. The second-order valence-corrected chi connectivity index (χ2v) is 9.86. The van der Waals surface area contributed by atoms with E-state index in [0.29, 0.717) is 17.5 Å². The average molecular weight is 444 g/mol. The fourth-order valence-electron chi connectivity index (χ4n) is 3.91. The molecular weight excluding hydrogens is 414 g/mol. The third-order valence-electron chi connectivity index (χ3n) is 5.52. The van der Waals surface area contributed by atoms with Crippen molar-refractivity contribution in [1.29, 1.82) is 0 Å². The van der Waals surface area contributed by atoms with Crippen LogP contribution in [0.3, 0.4) is 0 Å². The van der Waals surface area contributed by atoms with Gasteiger partial charge in [0.2, 0.25) is 0 Å². The van der Waals surface area contributed by atoms with Gasteiger partial charge in [-0.05, 0) is 18.6 Å². The largest absolute Gasteiger partial charge is 0.345 e. The number of fused-ring (bicyclic) bond motifs is 1. The van der Waals surface area contributed by atoms with Gasteiger partial charge in [-0.25, -0.2) is 8.42 Å². The highest BCUT2D eigenvalue weighted by Gasteiger charge is 2.34. The second-order valence-electron chi connectivity index (χ2n) is 8.03. The van der Waals surface area contributed by atoms with Crippen molar-refractivity contribution in [3.8, 4) is 0 Å². The molecule has 31 heavy (non-hydrogen) atoms. The van der Waals surface area contributed by atoms with Crippen LogP contribution in [0.15, 0.2) is 54.6 Å². The molecule has 1 saturated heterocycles. The molecule has 0 N–H and O–H groups in total. The molecule has 0 aliphatic carbocycles. The number of nitrogens with zero attached hydrogens (tertiary/aromatic N) is 3. The highest BCUT2D eigenvalue weighted by atomic mass is 32.2. The summed E-state index contributed by atoms with van der Waals surface area (Å²) in [5.74, 6) is -0.188. The minimum absolute atomic E-state index is 0.0411. The molecule has 2 heterocycles. The Labute approximate surface area is 183 Å². The van der Waals surface area contributed by atoms with Gasteiger partial charge in [0.05, 0.1) is 18.0 Å². The zero-order valence-corrected chi connectivity index (χ0v) is 18.6. The van der Waals surface area contributed by atoms with Crippen LogP contribution < -0.4 is 0 Å². The fourth-order valence-corrected chi connectivity index (χ4v) is 5.15. The number of aromatic nitrogens is 3. The fraction of sp³-hybridized carbons (Fsp3) is 0.478. The van der Waals surface area contributed by atoms with Crippen LogP contribution in [0.2, 0.25) is 0 Å². The standard InChI is InChI=1S/C23H29N3O4S/c1-2-3-4-8-13-19-16-20(30-23(29-19)18-11-6-5-7-12-18)17-31(27,28)26-24-21-14-9-10-15-22(21)25-26/h5-7,9-12,14-15,19-20,23H,2-4,8,13,16-17H2,1H3/t19-,20-,23-/m1/s1. The van der Waals surface area contributed by atoms with E-state index in [9.17, 15) is 8.42 Å². The number of hydrogen-bond donors (Lipinski definition) is 0. The first kappa shape index (κ1) is 21.9. The van der Waals surface area contributed by atoms with Crippen LogP contribution >= 0.6 is 0 Å². The summed E-state index contributed by atoms with van der Waals surface area (Å²) in [7, 11) is -3.77. The normalized spacial score (nSPS) is 22.0. The van der Waals surface area contributed by atoms with Gasteiger partial charge in [-0.2, -0.15) is 0 Å². The molecule has 3 atom stereocenters. The lowest BCUT2D eigenvalue weighted by molar-refractivity contribution is -0.244. The van der Waals surface area contributed by atoms with Crippen LogP contribution in [0.1, 0.15) is 57.3 Å². The van der Waals surface area contributed by atoms with Gasteiger partial charge in [0, 0.05) is 12.0 Å². The molecule has 7 nitrogen and oxygen atoms in total. The average Bonchev–Trinajstić information content (AvgIpc) is 3.22. The Morgan fingerprint density at radius 3 is 2.23 bits per heavy atom. The second kappa shape index (κ2) is 9.89. The van der Waals surface area contributed by atoms with Crippen LogP contribution in [0.25, 0.3) is 11.0 Å². The summed E-state index contributed by atoms with van der Waals surface area (Å²) >= 11 is 0. The summed E-state index contributed by atoms with van der Waals surface area (Å²) in [6.07, 6.45) is 4.91. The minimum Gasteiger partial charge on any atom is -0.345 e. The van der Waals surface area contributed by atoms with Crippen molar-refractivity contribution in [3.63, 3.8) is 0 Å². The quantitative estimate of drug-likeness (QED) is 0.454. The van der Waals surface area contributed by atoms with Crippen molar-refractivity contribution < 1.29 is 17.9 Å². The summed E-state index contributed by atoms with van der Waals surface area (Å²) < 4.78 is 39.2. The molecule has 1 aliphatic rings. The van der Waals surface area contributed by atoms with Crippen molar-refractivity contribution in [3.05, 3.63) is 60.2 Å². The van der Waals surface area contributed by atoms with Crippen LogP contribution in [0.4, 0.5) is 0 Å². The molecule has 3 aromatic rings. The lowest BCUT2D eigenvalue weighted by Crippen LogP contribution is -2.39. The molecule has 0 spiro atoms. The van der Waals surface area contributed by atoms with Crippen LogP contribution in [-0.4, -0.2) is 40.8 Å². The van der Waals surface area contributed by atoms with E-state index in [1.54, 1.807) is 12.1 Å². The lowest BCUT2D eigenvalue weighted by Gasteiger charge is -2.36. The first-order valence-corrected chi connectivity index (χ1v) is 12.6. The number of benzene rings is 2. The van der Waals surface area contributed by atoms with Gasteiger partial charge in [0.15, 0.2) is 6.29 Å². The van der Waals surface area contributed by atoms with E-state index in [-0.39, 0.29) is 11.9 Å². The van der Waals surface area contributed by atoms with Gasteiger partial charge >= 0.3 is 0 Å². The number of ether oxygens (including phenoxy) is 2. The van der Waals surface area contributed by atoms with E-state index >= 15 is 0 Å². The molecule has 0 saturated carbocycles. The Morgan fingerprint density at radius 1 is 0.903 bits per heavy atom. The minimum atomic E-state index is -3.77. The van der Waals surface area contributed by atoms with Crippen molar-refractivity contribution in [2.24, 2.45) is 0 Å². The third kappa shape index (κ3) is 5.50. The van der Waals surface area contributed by atoms with Crippen LogP contribution in [-0.2, 0) is 19.5 Å². The Kier molecular flexibility index (Phi) is 6.99. The summed E-state index contributed by atoms with van der Waals surface area (Å²) in [5, 5.41) is 8.29. The summed E-state index contributed by atoms with van der Waals surface area (Å²) in [5.41, 5.74) is 2.00. The van der Waals surface area contributed by atoms with E-state index in [1.165, 1.54) is 12.8 Å². The highest BCUT2D eigenvalue weighted by Crippen LogP contribution is 2.32. The molecule has 4 rings (SSSR count). The first-order valence-electron chi connectivity index (χ1n) is 11.0. The maximum absolute atomic E-state index is 13.0. The molecular formula is C23H29N3O4S. The van der Waals surface area contributed by atoms with E-state index in [1.807, 2.05) is 42.5 Å². The molecule has 1 fully saturated rings. The van der Waals surface area contributed by atoms with Crippen LogP contribution in [0.5, 0.6) is 0 Å². The van der Waals surface area contributed by atoms with Gasteiger partial charge in [-0.1, -0.05) is 79.3 Å². The summed E-state index contributed by atoms with van der Waals surface area (Å²) in [6.45, 7) is 2.18. The number of rotatable bonds is 9. The topological polar surface area (TPSA) is 83.3 Å². The molecule has 1 aromatic heterocycles. The van der Waals surface area contributed by atoms with Gasteiger partial charge in [-0.15, -0.1) is 10.2 Å². The molecule has 166 valence electrons. The Morgan fingerprint density at radius 2 is 1.55 bits per heavy atom. The number of hydrogen-bond acceptors (Lipinski definition) is 6. The molecule has 0 radical (unpaired) electrons. The summed E-state index contributed by atoms with van der Waals surface area (Å²) in [6, 6.07) is 16.8. The predicted molar refractivity (Wildman–Crippen MR) is 119 cm³/mol. The zero-order chi connectivity index (χ0) is 21.7. The van der Waals surface area contributed by atoms with Gasteiger partial charge < -0.3 is 9.47 Å². The zero-order valence-electron chi connectivity index (χ0n) is 17.8. The molecule has 0 bridgehead atoms. The van der Waals surface area contributed by atoms with Gasteiger partial charge in [-0.3, -0.25) is 0 Å². The third-order valence-corrected chi connectivity index (χ3v) is 6.98. The summed E-state index contributed by atoms with van der Waals surface area (Å²) in [4.78, 5) is 0. The van der Waals surface area contributed by atoms with E-state index in [2.05, 4.69) is 17.1 Å². The molecule has 0 unspecified atom stereocenters. The van der Waals surface area contributed by atoms with Gasteiger partial charge in [0.25, 0.3) is 10.0 Å². The Hall–Kier alpha value is -2.29. The van der Waals surface area contributed by atoms with Crippen molar-refractivity contribution >= 4 is 21.1 Å². The molecule has 0 amide bonds. The number of unbranched alkanes of at least 4 members (excludes halogenated alkanes) is 3. The Balaban J connectivity index is 1.50. The predicted octanol–water partition coefficient (Wildman–Crippen LogP) is 4.45. The van der Waals surface area contributed by atoms with Gasteiger partial charge in [0.1, 0.15) is 11.0 Å². The molecule has 2 aromatic carbocycles. The smallest absolute Gasteiger partial charge is 0.272 e. The Bertz CT molecular complexity index is 1050. The van der Waals surface area contributed by atoms with E-state index < -0.39 is 22.4 Å². The molecule has 1 aliphatic heterocycles. The van der Waals surface area contributed by atoms with Crippen LogP contribution in [0, 0.1) is 0 Å². The first-order chi connectivity index (χ1) is 15.0. The molecule has 8 heteroatoms. The van der Waals surface area contributed by atoms with Crippen molar-refractivity contribution in [2.75, 3.05) is 5.75 Å². The van der Waals surface area contributed by atoms with Crippen molar-refractivity contribution in [1.82, 2.24) is 14.4 Å². The van der Waals surface area contributed by atoms with E-state index in [4.69, 9.17) is 9.47 Å². The lowest BCUT2D eigenvalue weighted by atomic mass is 10.0. The highest BCUT2D eigenvalue weighted by molar-refractivity contribution is 7.89. The monoisotopic (exact) mass is 443 g/mol. The SMILES string of the molecule is CCCCCC[C@@H]1C[C@H](CS(=O)(=O)n2nc3ccccc3n2)O[C@H](c2ccccc2)O1. The van der Waals surface area contributed by atoms with Crippen molar-refractivity contribution in [2.45, 2.75) is 63.9 Å². The van der Waals surface area contributed by atoms with E-state index in [0.717, 1.165) is 29.0 Å².